The molecule has 0 N–H and O–H groups in total. The molecule has 1 aromatic heterocycles. The highest BCUT2D eigenvalue weighted by atomic mass is 32.2. The van der Waals surface area contributed by atoms with Gasteiger partial charge in [-0.2, -0.15) is 0 Å². The van der Waals surface area contributed by atoms with E-state index in [0.29, 0.717) is 11.1 Å². The normalized spacial score (nSPS) is 12.5. The molecule has 4 nitrogen and oxygen atoms in total. The molecule has 0 bridgehead atoms. The number of aromatic nitrogens is 2. The molecule has 0 aliphatic carbocycles. The van der Waals surface area contributed by atoms with Gasteiger partial charge in [0.2, 0.25) is 5.89 Å². The van der Waals surface area contributed by atoms with Crippen molar-refractivity contribution in [1.82, 2.24) is 10.2 Å². The molecule has 2 aromatic carbocycles. The Bertz CT molecular complexity index is 827. The van der Waals surface area contributed by atoms with Gasteiger partial charge in [-0.15, -0.1) is 10.2 Å². The summed E-state index contributed by atoms with van der Waals surface area (Å²) in [6, 6.07) is 16.3. The number of nitrogens with zero attached hydrogens (tertiary/aromatic N) is 3. The lowest BCUT2D eigenvalue weighted by atomic mass is 10.1. The van der Waals surface area contributed by atoms with Crippen molar-refractivity contribution in [2.24, 2.45) is 4.99 Å². The first-order chi connectivity index (χ1) is 10.9. The van der Waals surface area contributed by atoms with E-state index in [0.717, 1.165) is 23.4 Å². The quantitative estimate of drug-likeness (QED) is 0.675. The van der Waals surface area contributed by atoms with E-state index in [-0.39, 0.29) is 0 Å². The van der Waals surface area contributed by atoms with Crippen molar-refractivity contribution >= 4 is 23.7 Å². The first kappa shape index (κ1) is 13.3. The summed E-state index contributed by atoms with van der Waals surface area (Å²) in [4.78, 5) is 4.35. The summed E-state index contributed by atoms with van der Waals surface area (Å²) in [5.41, 5.74) is 4.38. The fraction of sp³-hybridized carbons (Fsp3) is 0.118. The molecule has 4 rings (SSSR count). The third kappa shape index (κ3) is 2.67. The summed E-state index contributed by atoms with van der Waals surface area (Å²) in [5.74, 6) is 1.36. The van der Waals surface area contributed by atoms with E-state index < -0.39 is 0 Å². The minimum absolute atomic E-state index is 0.542. The standard InChI is InChI=1S/C17H13N3OS/c1-2-4-12(5-3-1)11-22-17-20-19-16(21-17)14-7-6-13-8-9-18-15(13)10-14/h1-7,9-10H,8,11H2. The first-order valence-corrected chi connectivity index (χ1v) is 8.03. The van der Waals surface area contributed by atoms with Crippen LogP contribution in [0.1, 0.15) is 11.1 Å². The van der Waals surface area contributed by atoms with Crippen molar-refractivity contribution in [3.63, 3.8) is 0 Å². The van der Waals surface area contributed by atoms with Crippen molar-refractivity contribution in [2.75, 3.05) is 0 Å². The Morgan fingerprint density at radius 1 is 1.05 bits per heavy atom. The fourth-order valence-electron chi connectivity index (χ4n) is 2.34. The molecule has 1 aliphatic heterocycles. The highest BCUT2D eigenvalue weighted by Gasteiger charge is 2.13. The Morgan fingerprint density at radius 3 is 2.86 bits per heavy atom. The van der Waals surface area contributed by atoms with Crippen LogP contribution in [0, 0.1) is 0 Å². The first-order valence-electron chi connectivity index (χ1n) is 7.04. The number of fused-ring (bicyclic) bond motifs is 1. The van der Waals surface area contributed by atoms with Crippen LogP contribution in [-0.2, 0) is 12.2 Å². The molecular formula is C17H13N3OS. The average Bonchev–Trinajstić information content (AvgIpc) is 3.22. The Balaban J connectivity index is 1.50. The predicted octanol–water partition coefficient (Wildman–Crippen LogP) is 4.29. The van der Waals surface area contributed by atoms with Crippen LogP contribution in [0.2, 0.25) is 0 Å². The molecule has 0 amide bonds. The maximum atomic E-state index is 5.74. The SMILES string of the molecule is C1=Nc2cc(-c3nnc(SCc4ccccc4)o3)ccc2C1. The van der Waals surface area contributed by atoms with Gasteiger partial charge in [0.1, 0.15) is 0 Å². The zero-order chi connectivity index (χ0) is 14.8. The lowest BCUT2D eigenvalue weighted by Gasteiger charge is -1.99. The summed E-state index contributed by atoms with van der Waals surface area (Å²) in [6.07, 6.45) is 2.82. The largest absolute Gasteiger partial charge is 0.411 e. The molecule has 0 atom stereocenters. The number of hydrogen-bond donors (Lipinski definition) is 0. The van der Waals surface area contributed by atoms with E-state index in [1.165, 1.54) is 11.1 Å². The average molecular weight is 307 g/mol. The minimum Gasteiger partial charge on any atom is -0.411 e. The molecule has 0 unspecified atom stereocenters. The molecule has 108 valence electrons. The van der Waals surface area contributed by atoms with Crippen molar-refractivity contribution in [2.45, 2.75) is 17.4 Å². The Labute approximate surface area is 132 Å². The zero-order valence-electron chi connectivity index (χ0n) is 11.8. The number of thioether (sulfide) groups is 1. The summed E-state index contributed by atoms with van der Waals surface area (Å²) in [7, 11) is 0. The molecular weight excluding hydrogens is 294 g/mol. The second kappa shape index (κ2) is 5.77. The number of rotatable bonds is 4. The molecule has 0 saturated carbocycles. The van der Waals surface area contributed by atoms with Crippen molar-refractivity contribution in [3.05, 3.63) is 59.7 Å². The summed E-state index contributed by atoms with van der Waals surface area (Å²) in [6.45, 7) is 0. The highest BCUT2D eigenvalue weighted by Crippen LogP contribution is 2.31. The van der Waals surface area contributed by atoms with Crippen molar-refractivity contribution < 1.29 is 4.42 Å². The van der Waals surface area contributed by atoms with Gasteiger partial charge in [-0.05, 0) is 23.3 Å². The molecule has 2 heterocycles. The molecule has 0 fully saturated rings. The van der Waals surface area contributed by atoms with E-state index in [1.54, 1.807) is 11.8 Å². The van der Waals surface area contributed by atoms with Crippen LogP contribution in [0.3, 0.4) is 0 Å². The molecule has 0 spiro atoms. The second-order valence-electron chi connectivity index (χ2n) is 5.01. The number of hydrogen-bond acceptors (Lipinski definition) is 5. The van der Waals surface area contributed by atoms with Crippen LogP contribution in [0.15, 0.2) is 63.2 Å². The van der Waals surface area contributed by atoms with Gasteiger partial charge in [0.05, 0.1) is 5.69 Å². The van der Waals surface area contributed by atoms with Gasteiger partial charge in [-0.25, -0.2) is 0 Å². The third-order valence-electron chi connectivity index (χ3n) is 3.49. The van der Waals surface area contributed by atoms with Gasteiger partial charge >= 0.3 is 0 Å². The topological polar surface area (TPSA) is 51.3 Å². The molecule has 5 heteroatoms. The van der Waals surface area contributed by atoms with E-state index in [4.69, 9.17) is 4.42 Å². The van der Waals surface area contributed by atoms with Gasteiger partial charge in [0, 0.05) is 24.0 Å². The molecule has 3 aromatic rings. The Morgan fingerprint density at radius 2 is 1.95 bits per heavy atom. The zero-order valence-corrected chi connectivity index (χ0v) is 12.6. The van der Waals surface area contributed by atoms with Gasteiger partial charge in [-0.1, -0.05) is 48.2 Å². The maximum Gasteiger partial charge on any atom is 0.277 e. The highest BCUT2D eigenvalue weighted by molar-refractivity contribution is 7.98. The van der Waals surface area contributed by atoms with Gasteiger partial charge in [0.25, 0.3) is 5.22 Å². The second-order valence-corrected chi connectivity index (χ2v) is 5.93. The molecule has 1 aliphatic rings. The monoisotopic (exact) mass is 307 g/mol. The van der Waals surface area contributed by atoms with E-state index in [1.807, 2.05) is 36.5 Å². The lowest BCUT2D eigenvalue weighted by molar-refractivity contribution is 0.466. The van der Waals surface area contributed by atoms with Gasteiger partial charge in [-0.3, -0.25) is 4.99 Å². The minimum atomic E-state index is 0.542. The van der Waals surface area contributed by atoms with Gasteiger partial charge in [0.15, 0.2) is 0 Å². The van der Waals surface area contributed by atoms with Crippen molar-refractivity contribution in [1.29, 1.82) is 0 Å². The Hall–Kier alpha value is -2.40. The molecule has 22 heavy (non-hydrogen) atoms. The van der Waals surface area contributed by atoms with Crippen molar-refractivity contribution in [3.8, 4) is 11.5 Å². The van der Waals surface area contributed by atoms with Crippen LogP contribution in [-0.4, -0.2) is 16.4 Å². The molecule has 0 saturated heterocycles. The lowest BCUT2D eigenvalue weighted by Crippen LogP contribution is -1.81. The van der Waals surface area contributed by atoms with Crippen LogP contribution in [0.25, 0.3) is 11.5 Å². The van der Waals surface area contributed by atoms with Crippen LogP contribution < -0.4 is 0 Å². The predicted molar refractivity (Wildman–Crippen MR) is 87.6 cm³/mol. The van der Waals surface area contributed by atoms with E-state index in [2.05, 4.69) is 33.4 Å². The maximum absolute atomic E-state index is 5.74. The summed E-state index contributed by atoms with van der Waals surface area (Å²) >= 11 is 1.54. The Kier molecular flexibility index (Phi) is 3.48. The van der Waals surface area contributed by atoms with E-state index in [9.17, 15) is 0 Å². The summed E-state index contributed by atoms with van der Waals surface area (Å²) < 4.78 is 5.74. The number of aliphatic imine (C=N–C) groups is 1. The van der Waals surface area contributed by atoms with Crippen LogP contribution in [0.5, 0.6) is 0 Å². The van der Waals surface area contributed by atoms with Crippen LogP contribution in [0.4, 0.5) is 5.69 Å². The molecule has 0 radical (unpaired) electrons. The third-order valence-corrected chi connectivity index (χ3v) is 4.38. The van der Waals surface area contributed by atoms with Crippen LogP contribution >= 0.6 is 11.8 Å². The smallest absolute Gasteiger partial charge is 0.277 e. The van der Waals surface area contributed by atoms with Gasteiger partial charge < -0.3 is 4.42 Å². The van der Waals surface area contributed by atoms with E-state index >= 15 is 0 Å². The number of benzene rings is 2. The fourth-order valence-corrected chi connectivity index (χ4v) is 3.06. The summed E-state index contributed by atoms with van der Waals surface area (Å²) in [5, 5.41) is 8.83.